The molecule has 2 unspecified atom stereocenters. The molecule has 0 aromatic heterocycles. The van der Waals surface area contributed by atoms with Gasteiger partial charge in [0.15, 0.2) is 0 Å². The molecule has 3 heteroatoms. The van der Waals surface area contributed by atoms with Crippen molar-refractivity contribution >= 4 is 13.9 Å². The van der Waals surface area contributed by atoms with Gasteiger partial charge >= 0.3 is 0 Å². The number of halogens is 2. The normalized spacial score (nSPS) is 13.7. The van der Waals surface area contributed by atoms with Gasteiger partial charge < -0.3 is 0 Å². The predicted octanol–water partition coefficient (Wildman–Crippen LogP) is 3.46. The van der Waals surface area contributed by atoms with Crippen LogP contribution in [0.3, 0.4) is 0 Å². The molecule has 1 aromatic carbocycles. The van der Waals surface area contributed by atoms with Crippen molar-refractivity contribution in [2.24, 2.45) is 0 Å². The molecule has 0 nitrogen and oxygen atoms in total. The third-order valence-electron chi connectivity index (χ3n) is 2.00. The Bertz CT molecular complexity index is 279. The summed E-state index contributed by atoms with van der Waals surface area (Å²) in [7, 11) is 0.498. The van der Waals surface area contributed by atoms with Crippen LogP contribution in [0.4, 0.5) is 8.78 Å². The Morgan fingerprint density at radius 2 is 1.79 bits per heavy atom. The molecule has 0 saturated heterocycles. The Morgan fingerprint density at radius 1 is 1.21 bits per heavy atom. The third-order valence-corrected chi connectivity index (χ3v) is 3.40. The maximum atomic E-state index is 12.8. The lowest BCUT2D eigenvalue weighted by Gasteiger charge is -2.10. The number of hydrogen-bond donors (Lipinski definition) is 0. The van der Waals surface area contributed by atoms with Crippen LogP contribution in [0.5, 0.6) is 0 Å². The SMILES string of the molecule is CCCC(C)Pc1cc(F)cc(F)c1. The fourth-order valence-corrected chi connectivity index (χ4v) is 2.87. The van der Waals surface area contributed by atoms with Crippen molar-refractivity contribution in [2.75, 3.05) is 0 Å². The van der Waals surface area contributed by atoms with Crippen molar-refractivity contribution in [2.45, 2.75) is 32.3 Å². The molecule has 0 radical (unpaired) electrons. The zero-order valence-electron chi connectivity index (χ0n) is 8.48. The summed E-state index contributed by atoms with van der Waals surface area (Å²) in [6.45, 7) is 4.23. The maximum absolute atomic E-state index is 12.8. The molecule has 14 heavy (non-hydrogen) atoms. The van der Waals surface area contributed by atoms with Crippen molar-refractivity contribution in [3.63, 3.8) is 0 Å². The van der Waals surface area contributed by atoms with E-state index in [1.165, 1.54) is 12.1 Å². The maximum Gasteiger partial charge on any atom is 0.126 e. The van der Waals surface area contributed by atoms with Crippen LogP contribution in [-0.4, -0.2) is 5.66 Å². The summed E-state index contributed by atoms with van der Waals surface area (Å²) in [6, 6.07) is 3.76. The van der Waals surface area contributed by atoms with Crippen molar-refractivity contribution in [3.05, 3.63) is 29.8 Å². The highest BCUT2D eigenvalue weighted by Gasteiger charge is 2.05. The molecule has 0 N–H and O–H groups in total. The second-order valence-corrected chi connectivity index (χ2v) is 5.34. The molecule has 0 fully saturated rings. The van der Waals surface area contributed by atoms with E-state index in [0.717, 1.165) is 24.2 Å². The largest absolute Gasteiger partial charge is 0.207 e. The van der Waals surface area contributed by atoms with Crippen LogP contribution >= 0.6 is 8.58 Å². The van der Waals surface area contributed by atoms with Gasteiger partial charge in [-0.05, 0) is 29.5 Å². The van der Waals surface area contributed by atoms with Gasteiger partial charge in [0.25, 0.3) is 0 Å². The minimum Gasteiger partial charge on any atom is -0.207 e. The first kappa shape index (κ1) is 11.6. The molecule has 0 aliphatic carbocycles. The van der Waals surface area contributed by atoms with E-state index < -0.39 is 11.6 Å². The van der Waals surface area contributed by atoms with Crippen LogP contribution in [-0.2, 0) is 0 Å². The molecule has 1 aromatic rings. The van der Waals surface area contributed by atoms with E-state index in [0.29, 0.717) is 14.2 Å². The highest BCUT2D eigenvalue weighted by atomic mass is 31.1. The van der Waals surface area contributed by atoms with E-state index in [-0.39, 0.29) is 0 Å². The van der Waals surface area contributed by atoms with Crippen LogP contribution in [0, 0.1) is 11.6 Å². The Morgan fingerprint density at radius 3 is 2.29 bits per heavy atom. The first-order valence-corrected chi connectivity index (χ1v) is 5.92. The molecule has 0 heterocycles. The minimum absolute atomic E-state index is 0.476. The van der Waals surface area contributed by atoms with E-state index in [2.05, 4.69) is 13.8 Å². The predicted molar refractivity (Wildman–Crippen MR) is 58.7 cm³/mol. The molecule has 0 spiro atoms. The van der Waals surface area contributed by atoms with Gasteiger partial charge in [0.2, 0.25) is 0 Å². The summed E-state index contributed by atoms with van der Waals surface area (Å²) in [5, 5.41) is 0.781. The summed E-state index contributed by atoms with van der Waals surface area (Å²) in [5.41, 5.74) is 0.515. The topological polar surface area (TPSA) is 0 Å². The highest BCUT2D eigenvalue weighted by Crippen LogP contribution is 2.22. The lowest BCUT2D eigenvalue weighted by atomic mass is 10.3. The quantitative estimate of drug-likeness (QED) is 0.676. The Labute approximate surface area is 85.5 Å². The number of benzene rings is 1. The standard InChI is InChI=1S/C11H15F2P/c1-3-4-8(2)14-11-6-9(12)5-10(13)7-11/h5-8,14H,3-4H2,1-2H3. The van der Waals surface area contributed by atoms with Gasteiger partial charge in [0.1, 0.15) is 11.6 Å². The summed E-state index contributed by atoms with van der Waals surface area (Å²) < 4.78 is 25.7. The van der Waals surface area contributed by atoms with Gasteiger partial charge in [-0.15, -0.1) is 0 Å². The summed E-state index contributed by atoms with van der Waals surface area (Å²) in [5.74, 6) is -0.951. The van der Waals surface area contributed by atoms with E-state index in [1.54, 1.807) is 0 Å². The number of hydrogen-bond acceptors (Lipinski definition) is 0. The molecule has 2 atom stereocenters. The molecule has 78 valence electrons. The van der Waals surface area contributed by atoms with Crippen molar-refractivity contribution < 1.29 is 8.78 Å². The van der Waals surface area contributed by atoms with Crippen LogP contribution < -0.4 is 5.30 Å². The van der Waals surface area contributed by atoms with Gasteiger partial charge in [-0.25, -0.2) is 8.78 Å². The first-order valence-electron chi connectivity index (χ1n) is 4.84. The fourth-order valence-electron chi connectivity index (χ4n) is 1.43. The Hall–Kier alpha value is -0.490. The monoisotopic (exact) mass is 216 g/mol. The summed E-state index contributed by atoms with van der Waals surface area (Å²) in [4.78, 5) is 0. The van der Waals surface area contributed by atoms with Gasteiger partial charge in [-0.1, -0.05) is 28.8 Å². The van der Waals surface area contributed by atoms with Crippen LogP contribution in [0.25, 0.3) is 0 Å². The molecule has 0 saturated carbocycles. The zero-order chi connectivity index (χ0) is 10.6. The van der Waals surface area contributed by atoms with E-state index in [4.69, 9.17) is 0 Å². The lowest BCUT2D eigenvalue weighted by molar-refractivity contribution is 0.585. The van der Waals surface area contributed by atoms with Crippen molar-refractivity contribution in [3.8, 4) is 0 Å². The average Bonchev–Trinajstić information content (AvgIpc) is 2.01. The zero-order valence-corrected chi connectivity index (χ0v) is 9.48. The molecule has 0 amide bonds. The van der Waals surface area contributed by atoms with Crippen LogP contribution in [0.2, 0.25) is 0 Å². The van der Waals surface area contributed by atoms with Gasteiger partial charge in [-0.3, -0.25) is 0 Å². The second-order valence-electron chi connectivity index (χ2n) is 3.49. The molecule has 0 aliphatic heterocycles. The third kappa shape index (κ3) is 3.71. The molecule has 0 aliphatic rings. The summed E-state index contributed by atoms with van der Waals surface area (Å²) in [6.07, 6.45) is 2.22. The minimum atomic E-state index is -0.476. The average molecular weight is 216 g/mol. The van der Waals surface area contributed by atoms with Crippen molar-refractivity contribution in [1.29, 1.82) is 0 Å². The highest BCUT2D eigenvalue weighted by molar-refractivity contribution is 7.47. The molecular formula is C11H15F2P. The lowest BCUT2D eigenvalue weighted by Crippen LogP contribution is -2.04. The smallest absolute Gasteiger partial charge is 0.126 e. The van der Waals surface area contributed by atoms with Crippen molar-refractivity contribution in [1.82, 2.24) is 0 Å². The fraction of sp³-hybridized carbons (Fsp3) is 0.455. The second kappa shape index (κ2) is 5.41. The van der Waals surface area contributed by atoms with Crippen LogP contribution in [0.1, 0.15) is 26.7 Å². The van der Waals surface area contributed by atoms with Gasteiger partial charge in [-0.2, -0.15) is 0 Å². The Balaban J connectivity index is 2.66. The van der Waals surface area contributed by atoms with E-state index in [9.17, 15) is 8.78 Å². The van der Waals surface area contributed by atoms with E-state index in [1.807, 2.05) is 0 Å². The van der Waals surface area contributed by atoms with Gasteiger partial charge in [0.05, 0.1) is 0 Å². The van der Waals surface area contributed by atoms with Gasteiger partial charge in [0, 0.05) is 6.07 Å². The number of rotatable bonds is 4. The van der Waals surface area contributed by atoms with Crippen LogP contribution in [0.15, 0.2) is 18.2 Å². The summed E-state index contributed by atoms with van der Waals surface area (Å²) >= 11 is 0. The molecular weight excluding hydrogens is 201 g/mol. The first-order chi connectivity index (χ1) is 6.61. The molecule has 1 rings (SSSR count). The molecule has 0 bridgehead atoms. The Kier molecular flexibility index (Phi) is 4.47. The van der Waals surface area contributed by atoms with E-state index >= 15 is 0 Å².